The second kappa shape index (κ2) is 9.73. The number of carboxylic acids is 1. The molecule has 1 amide bonds. The summed E-state index contributed by atoms with van der Waals surface area (Å²) in [6, 6.07) is 19.8. The Bertz CT molecular complexity index is 664. The SMILES string of the molecule is CC(C(=O)O)N(C)CC(=O)NCCC(c1ccccc1)c1ccccc1. The summed E-state index contributed by atoms with van der Waals surface area (Å²) in [6.07, 6.45) is 0.776. The van der Waals surface area contributed by atoms with E-state index in [1.54, 1.807) is 14.0 Å². The van der Waals surface area contributed by atoms with Gasteiger partial charge < -0.3 is 10.4 Å². The number of benzene rings is 2. The van der Waals surface area contributed by atoms with E-state index in [9.17, 15) is 9.59 Å². The molecule has 2 aromatic carbocycles. The standard InChI is InChI=1S/C21H26N2O3/c1-16(21(25)26)23(2)15-20(24)22-14-13-19(17-9-5-3-6-10-17)18-11-7-4-8-12-18/h3-12,16,19H,13-15H2,1-2H3,(H,22,24)(H,25,26). The molecule has 0 saturated heterocycles. The molecule has 2 aromatic rings. The number of amides is 1. The van der Waals surface area contributed by atoms with Gasteiger partial charge in [0.1, 0.15) is 6.04 Å². The summed E-state index contributed by atoms with van der Waals surface area (Å²) in [5.74, 6) is -0.901. The first-order chi connectivity index (χ1) is 12.5. The summed E-state index contributed by atoms with van der Waals surface area (Å²) in [7, 11) is 1.63. The van der Waals surface area contributed by atoms with Crippen LogP contribution in [-0.2, 0) is 9.59 Å². The Morgan fingerprint density at radius 1 is 1.00 bits per heavy atom. The first-order valence-electron chi connectivity index (χ1n) is 8.78. The number of rotatable bonds is 9. The average molecular weight is 354 g/mol. The highest BCUT2D eigenvalue weighted by Crippen LogP contribution is 2.27. The molecule has 0 aliphatic rings. The van der Waals surface area contributed by atoms with Gasteiger partial charge in [-0.05, 0) is 31.5 Å². The van der Waals surface area contributed by atoms with Crippen molar-refractivity contribution >= 4 is 11.9 Å². The van der Waals surface area contributed by atoms with Crippen LogP contribution in [0.5, 0.6) is 0 Å². The summed E-state index contributed by atoms with van der Waals surface area (Å²) in [6.45, 7) is 2.16. The third kappa shape index (κ3) is 5.70. The maximum atomic E-state index is 12.1. The highest BCUT2D eigenvalue weighted by molar-refractivity contribution is 5.79. The van der Waals surface area contributed by atoms with Crippen molar-refractivity contribution in [3.63, 3.8) is 0 Å². The van der Waals surface area contributed by atoms with Gasteiger partial charge in [-0.1, -0.05) is 60.7 Å². The van der Waals surface area contributed by atoms with Gasteiger partial charge in [0.05, 0.1) is 6.54 Å². The molecule has 138 valence electrons. The minimum Gasteiger partial charge on any atom is -0.480 e. The van der Waals surface area contributed by atoms with Gasteiger partial charge in [0.25, 0.3) is 0 Å². The Morgan fingerprint density at radius 2 is 1.50 bits per heavy atom. The molecule has 5 heteroatoms. The number of aliphatic carboxylic acids is 1. The molecule has 1 unspecified atom stereocenters. The van der Waals surface area contributed by atoms with Gasteiger partial charge in [-0.25, -0.2) is 0 Å². The van der Waals surface area contributed by atoms with Crippen LogP contribution in [0.4, 0.5) is 0 Å². The van der Waals surface area contributed by atoms with Crippen LogP contribution < -0.4 is 5.32 Å². The molecule has 0 fully saturated rings. The van der Waals surface area contributed by atoms with Crippen LogP contribution >= 0.6 is 0 Å². The van der Waals surface area contributed by atoms with Crippen molar-refractivity contribution in [2.45, 2.75) is 25.3 Å². The van der Waals surface area contributed by atoms with Crippen molar-refractivity contribution in [1.29, 1.82) is 0 Å². The lowest BCUT2D eigenvalue weighted by atomic mass is 9.88. The smallest absolute Gasteiger partial charge is 0.320 e. The van der Waals surface area contributed by atoms with Crippen molar-refractivity contribution in [2.75, 3.05) is 20.1 Å². The Kier molecular flexibility index (Phi) is 7.36. The number of carboxylic acid groups (broad SMARTS) is 1. The predicted molar refractivity (Wildman–Crippen MR) is 102 cm³/mol. The normalized spacial score (nSPS) is 12.2. The molecule has 2 rings (SSSR count). The molecule has 0 radical (unpaired) electrons. The van der Waals surface area contributed by atoms with E-state index in [-0.39, 0.29) is 18.4 Å². The van der Waals surface area contributed by atoms with Crippen molar-refractivity contribution < 1.29 is 14.7 Å². The van der Waals surface area contributed by atoms with Crippen LogP contribution in [0.15, 0.2) is 60.7 Å². The predicted octanol–water partition coefficient (Wildman–Crippen LogP) is 2.73. The summed E-state index contributed by atoms with van der Waals surface area (Å²) >= 11 is 0. The Hall–Kier alpha value is -2.66. The van der Waals surface area contributed by atoms with E-state index >= 15 is 0 Å². The quantitative estimate of drug-likeness (QED) is 0.726. The summed E-state index contributed by atoms with van der Waals surface area (Å²) < 4.78 is 0. The van der Waals surface area contributed by atoms with E-state index in [1.165, 1.54) is 16.0 Å². The first kappa shape index (κ1) is 19.7. The van der Waals surface area contributed by atoms with Crippen LogP contribution in [0, 0.1) is 0 Å². The van der Waals surface area contributed by atoms with Gasteiger partial charge in [-0.3, -0.25) is 14.5 Å². The highest BCUT2D eigenvalue weighted by atomic mass is 16.4. The molecule has 0 aliphatic carbocycles. The van der Waals surface area contributed by atoms with Gasteiger partial charge >= 0.3 is 5.97 Å². The van der Waals surface area contributed by atoms with E-state index in [0.29, 0.717) is 6.54 Å². The third-order valence-corrected chi connectivity index (χ3v) is 4.57. The van der Waals surface area contributed by atoms with Gasteiger partial charge in [0, 0.05) is 12.5 Å². The fourth-order valence-corrected chi connectivity index (χ4v) is 2.86. The topological polar surface area (TPSA) is 69.6 Å². The van der Waals surface area contributed by atoms with Gasteiger partial charge in [-0.2, -0.15) is 0 Å². The highest BCUT2D eigenvalue weighted by Gasteiger charge is 2.19. The second-order valence-corrected chi connectivity index (χ2v) is 6.44. The van der Waals surface area contributed by atoms with Crippen LogP contribution in [-0.4, -0.2) is 48.1 Å². The molecule has 0 saturated carbocycles. The van der Waals surface area contributed by atoms with Crippen molar-refractivity contribution in [3.05, 3.63) is 71.8 Å². The van der Waals surface area contributed by atoms with Gasteiger partial charge in [0.2, 0.25) is 5.91 Å². The number of likely N-dealkylation sites (N-methyl/N-ethyl adjacent to an activating group) is 1. The van der Waals surface area contributed by atoms with E-state index in [2.05, 4.69) is 29.6 Å². The second-order valence-electron chi connectivity index (χ2n) is 6.44. The zero-order chi connectivity index (χ0) is 18.9. The summed E-state index contributed by atoms with van der Waals surface area (Å²) in [5, 5.41) is 11.9. The van der Waals surface area contributed by atoms with Crippen molar-refractivity contribution in [2.24, 2.45) is 0 Å². The molecule has 0 bridgehead atoms. The van der Waals surface area contributed by atoms with E-state index < -0.39 is 12.0 Å². The fourth-order valence-electron chi connectivity index (χ4n) is 2.86. The minimum atomic E-state index is -0.937. The molecule has 1 atom stereocenters. The van der Waals surface area contributed by atoms with E-state index in [1.807, 2.05) is 36.4 Å². The van der Waals surface area contributed by atoms with Crippen LogP contribution in [0.25, 0.3) is 0 Å². The number of hydrogen-bond acceptors (Lipinski definition) is 3. The fraction of sp³-hybridized carbons (Fsp3) is 0.333. The maximum absolute atomic E-state index is 12.1. The van der Waals surface area contributed by atoms with Crippen molar-refractivity contribution in [1.82, 2.24) is 10.2 Å². The zero-order valence-corrected chi connectivity index (χ0v) is 15.3. The van der Waals surface area contributed by atoms with Crippen LogP contribution in [0.3, 0.4) is 0 Å². The zero-order valence-electron chi connectivity index (χ0n) is 15.3. The Morgan fingerprint density at radius 3 is 1.96 bits per heavy atom. The number of carbonyl (C=O) groups excluding carboxylic acids is 1. The van der Waals surface area contributed by atoms with E-state index in [0.717, 1.165) is 6.42 Å². The number of carbonyl (C=O) groups is 2. The molecule has 0 spiro atoms. The summed E-state index contributed by atoms with van der Waals surface area (Å²) in [5.41, 5.74) is 2.43. The lowest BCUT2D eigenvalue weighted by molar-refractivity contribution is -0.142. The molecular formula is C21H26N2O3. The van der Waals surface area contributed by atoms with Crippen LogP contribution in [0.1, 0.15) is 30.4 Å². The molecule has 0 aromatic heterocycles. The molecule has 26 heavy (non-hydrogen) atoms. The Balaban J connectivity index is 1.94. The molecular weight excluding hydrogens is 328 g/mol. The largest absolute Gasteiger partial charge is 0.480 e. The lowest BCUT2D eigenvalue weighted by Gasteiger charge is -2.21. The average Bonchev–Trinajstić information content (AvgIpc) is 2.65. The van der Waals surface area contributed by atoms with E-state index in [4.69, 9.17) is 5.11 Å². The van der Waals surface area contributed by atoms with Gasteiger partial charge in [-0.15, -0.1) is 0 Å². The maximum Gasteiger partial charge on any atom is 0.320 e. The summed E-state index contributed by atoms with van der Waals surface area (Å²) in [4.78, 5) is 24.6. The molecule has 0 heterocycles. The van der Waals surface area contributed by atoms with Gasteiger partial charge in [0.15, 0.2) is 0 Å². The first-order valence-corrected chi connectivity index (χ1v) is 8.78. The molecule has 2 N–H and O–H groups in total. The van der Waals surface area contributed by atoms with Crippen molar-refractivity contribution in [3.8, 4) is 0 Å². The minimum absolute atomic E-state index is 0.0643. The lowest BCUT2D eigenvalue weighted by Crippen LogP contribution is -2.43. The number of nitrogens with zero attached hydrogens (tertiary/aromatic N) is 1. The molecule has 0 aliphatic heterocycles. The number of nitrogens with one attached hydrogen (secondary N) is 1. The molecule has 5 nitrogen and oxygen atoms in total. The number of hydrogen-bond donors (Lipinski definition) is 2. The third-order valence-electron chi connectivity index (χ3n) is 4.57. The monoisotopic (exact) mass is 354 g/mol. The van der Waals surface area contributed by atoms with Crippen LogP contribution in [0.2, 0.25) is 0 Å². The Labute approximate surface area is 154 Å².